The summed E-state index contributed by atoms with van der Waals surface area (Å²) in [5.41, 5.74) is 0.753. The highest BCUT2D eigenvalue weighted by molar-refractivity contribution is 5.77. The van der Waals surface area contributed by atoms with Crippen LogP contribution in [0.25, 0.3) is 0 Å². The molecule has 0 radical (unpaired) electrons. The molecule has 124 valence electrons. The number of hydrogen-bond acceptors (Lipinski definition) is 4. The second-order valence-corrected chi connectivity index (χ2v) is 5.82. The van der Waals surface area contributed by atoms with Gasteiger partial charge in [-0.3, -0.25) is 19.3 Å². The van der Waals surface area contributed by atoms with Gasteiger partial charge < -0.3 is 15.3 Å². The molecule has 2 aliphatic rings. The third kappa shape index (κ3) is 3.87. The molecule has 7 heteroatoms. The van der Waals surface area contributed by atoms with Crippen molar-refractivity contribution in [3.05, 3.63) is 35.9 Å². The summed E-state index contributed by atoms with van der Waals surface area (Å²) in [6, 6.07) is 8.44. The Balaban J connectivity index is 0.000000433. The average Bonchev–Trinajstić information content (AvgIpc) is 2.97. The molecular formula is C16H19NO6. The number of carboxylic acids is 3. The predicted molar refractivity (Wildman–Crippen MR) is 79.8 cm³/mol. The SMILES string of the molecule is CC(=O)O.O=C(O)C1[C@H]2CN(C(C(=O)O)c3ccccc3)C[C@@H]12. The number of benzene rings is 1. The molecule has 3 N–H and O–H groups in total. The van der Waals surface area contributed by atoms with E-state index in [2.05, 4.69) is 0 Å². The molecule has 3 rings (SSSR count). The van der Waals surface area contributed by atoms with Crippen molar-refractivity contribution in [2.45, 2.75) is 13.0 Å². The summed E-state index contributed by atoms with van der Waals surface area (Å²) < 4.78 is 0. The van der Waals surface area contributed by atoms with Crippen molar-refractivity contribution in [1.82, 2.24) is 4.90 Å². The van der Waals surface area contributed by atoms with Crippen molar-refractivity contribution in [2.75, 3.05) is 13.1 Å². The summed E-state index contributed by atoms with van der Waals surface area (Å²) in [6.07, 6.45) is 0. The molecule has 0 spiro atoms. The first-order valence-corrected chi connectivity index (χ1v) is 7.27. The fourth-order valence-electron chi connectivity index (χ4n) is 3.28. The van der Waals surface area contributed by atoms with Crippen LogP contribution in [0.3, 0.4) is 0 Å². The molecule has 2 fully saturated rings. The van der Waals surface area contributed by atoms with Gasteiger partial charge >= 0.3 is 11.9 Å². The number of carbonyl (C=O) groups is 3. The summed E-state index contributed by atoms with van der Waals surface area (Å²) in [4.78, 5) is 33.3. The number of fused-ring (bicyclic) bond motifs is 1. The van der Waals surface area contributed by atoms with Crippen LogP contribution in [0.2, 0.25) is 0 Å². The maximum atomic E-state index is 11.5. The number of piperidine rings is 1. The van der Waals surface area contributed by atoms with Gasteiger partial charge in [0.25, 0.3) is 5.97 Å². The second-order valence-electron chi connectivity index (χ2n) is 5.82. The summed E-state index contributed by atoms with van der Waals surface area (Å²) in [5, 5.41) is 25.8. The molecule has 0 bridgehead atoms. The van der Waals surface area contributed by atoms with Gasteiger partial charge in [-0.1, -0.05) is 30.3 Å². The first kappa shape index (κ1) is 17.0. The lowest BCUT2D eigenvalue weighted by atomic mass is 10.1. The minimum atomic E-state index is -0.876. The summed E-state index contributed by atoms with van der Waals surface area (Å²) in [5.74, 6) is -2.46. The Bertz CT molecular complexity index is 586. The number of rotatable bonds is 4. The second kappa shape index (κ2) is 6.78. The third-order valence-corrected chi connectivity index (χ3v) is 4.22. The first-order chi connectivity index (χ1) is 10.8. The van der Waals surface area contributed by atoms with E-state index in [1.807, 2.05) is 23.1 Å². The van der Waals surface area contributed by atoms with Crippen molar-refractivity contribution in [2.24, 2.45) is 17.8 Å². The lowest BCUT2D eigenvalue weighted by Crippen LogP contribution is -2.35. The van der Waals surface area contributed by atoms with E-state index in [-0.39, 0.29) is 17.8 Å². The summed E-state index contributed by atoms with van der Waals surface area (Å²) >= 11 is 0. The molecule has 1 aromatic carbocycles. The fourth-order valence-corrected chi connectivity index (χ4v) is 3.28. The largest absolute Gasteiger partial charge is 0.481 e. The zero-order chi connectivity index (χ0) is 17.1. The minimum Gasteiger partial charge on any atom is -0.481 e. The van der Waals surface area contributed by atoms with E-state index < -0.39 is 23.9 Å². The Morgan fingerprint density at radius 1 is 1.04 bits per heavy atom. The monoisotopic (exact) mass is 321 g/mol. The van der Waals surface area contributed by atoms with E-state index in [0.29, 0.717) is 13.1 Å². The number of aliphatic carboxylic acids is 3. The Morgan fingerprint density at radius 3 is 1.91 bits per heavy atom. The predicted octanol–water partition coefficient (Wildman–Crippen LogP) is 1.17. The molecule has 2 unspecified atom stereocenters. The van der Waals surface area contributed by atoms with Gasteiger partial charge in [-0.2, -0.15) is 0 Å². The molecule has 23 heavy (non-hydrogen) atoms. The van der Waals surface area contributed by atoms with Crippen LogP contribution < -0.4 is 0 Å². The van der Waals surface area contributed by atoms with Crippen LogP contribution >= 0.6 is 0 Å². The highest BCUT2D eigenvalue weighted by atomic mass is 16.4. The number of nitrogens with zero attached hydrogens (tertiary/aromatic N) is 1. The van der Waals surface area contributed by atoms with Gasteiger partial charge in [0.05, 0.1) is 5.92 Å². The molecule has 0 aromatic heterocycles. The molecular weight excluding hydrogens is 302 g/mol. The van der Waals surface area contributed by atoms with Gasteiger partial charge in [0.2, 0.25) is 0 Å². The Hall–Kier alpha value is -2.41. The Morgan fingerprint density at radius 2 is 1.52 bits per heavy atom. The molecule has 1 aromatic rings. The topological polar surface area (TPSA) is 115 Å². The summed E-state index contributed by atoms with van der Waals surface area (Å²) in [6.45, 7) is 2.21. The lowest BCUT2D eigenvalue weighted by molar-refractivity contribution is -0.143. The minimum absolute atomic E-state index is 0.128. The van der Waals surface area contributed by atoms with Gasteiger partial charge in [-0.05, 0) is 17.4 Å². The Kier molecular flexibility index (Phi) is 5.00. The number of hydrogen-bond donors (Lipinski definition) is 3. The normalized spacial score (nSPS) is 26.4. The maximum absolute atomic E-state index is 11.5. The van der Waals surface area contributed by atoms with E-state index in [9.17, 15) is 14.7 Å². The van der Waals surface area contributed by atoms with Gasteiger partial charge in [0.1, 0.15) is 6.04 Å². The number of carboxylic acid groups (broad SMARTS) is 3. The molecule has 1 saturated heterocycles. The van der Waals surface area contributed by atoms with Crippen molar-refractivity contribution < 1.29 is 29.7 Å². The molecule has 4 atom stereocenters. The first-order valence-electron chi connectivity index (χ1n) is 7.27. The van der Waals surface area contributed by atoms with Crippen LogP contribution in [-0.2, 0) is 14.4 Å². The Labute approximate surface area is 133 Å². The standard InChI is InChI=1S/C14H15NO4.C2H4O2/c16-13(17)11-9-6-15(7-10(9)11)12(14(18)19)8-4-2-1-3-5-8;1-2(3)4/h1-5,9-12H,6-7H2,(H,16,17)(H,18,19);1H3,(H,3,4)/t9-,10+,11?,12?;. The van der Waals surface area contributed by atoms with Gasteiger partial charge in [-0.15, -0.1) is 0 Å². The molecule has 7 nitrogen and oxygen atoms in total. The summed E-state index contributed by atoms with van der Waals surface area (Å²) in [7, 11) is 0. The van der Waals surface area contributed by atoms with Crippen molar-refractivity contribution in [3.8, 4) is 0 Å². The quantitative estimate of drug-likeness (QED) is 0.762. The average molecular weight is 321 g/mol. The lowest BCUT2D eigenvalue weighted by Gasteiger charge is -2.26. The molecule has 1 heterocycles. The highest BCUT2D eigenvalue weighted by Gasteiger charge is 2.61. The van der Waals surface area contributed by atoms with Crippen LogP contribution in [0.5, 0.6) is 0 Å². The smallest absolute Gasteiger partial charge is 0.325 e. The van der Waals surface area contributed by atoms with Crippen LogP contribution in [0.4, 0.5) is 0 Å². The van der Waals surface area contributed by atoms with E-state index in [1.54, 1.807) is 12.1 Å². The number of likely N-dealkylation sites (tertiary alicyclic amines) is 1. The van der Waals surface area contributed by atoms with Crippen LogP contribution in [0, 0.1) is 17.8 Å². The van der Waals surface area contributed by atoms with Crippen LogP contribution in [0.15, 0.2) is 30.3 Å². The zero-order valence-corrected chi connectivity index (χ0v) is 12.6. The third-order valence-electron chi connectivity index (χ3n) is 4.22. The van der Waals surface area contributed by atoms with Gasteiger partial charge in [0.15, 0.2) is 0 Å². The molecule has 1 saturated carbocycles. The van der Waals surface area contributed by atoms with E-state index >= 15 is 0 Å². The molecule has 0 amide bonds. The van der Waals surface area contributed by atoms with E-state index in [0.717, 1.165) is 12.5 Å². The van der Waals surface area contributed by atoms with Crippen molar-refractivity contribution in [1.29, 1.82) is 0 Å². The molecule has 1 aliphatic carbocycles. The molecule has 1 aliphatic heterocycles. The maximum Gasteiger partial charge on any atom is 0.325 e. The van der Waals surface area contributed by atoms with Crippen molar-refractivity contribution in [3.63, 3.8) is 0 Å². The van der Waals surface area contributed by atoms with Crippen LogP contribution in [0.1, 0.15) is 18.5 Å². The van der Waals surface area contributed by atoms with Gasteiger partial charge in [0, 0.05) is 20.0 Å². The van der Waals surface area contributed by atoms with E-state index in [4.69, 9.17) is 15.0 Å². The zero-order valence-electron chi connectivity index (χ0n) is 12.6. The highest BCUT2D eigenvalue weighted by Crippen LogP contribution is 2.53. The van der Waals surface area contributed by atoms with Crippen molar-refractivity contribution >= 4 is 17.9 Å². The fraction of sp³-hybridized carbons (Fsp3) is 0.438. The van der Waals surface area contributed by atoms with E-state index in [1.165, 1.54) is 0 Å². The van der Waals surface area contributed by atoms with Gasteiger partial charge in [-0.25, -0.2) is 0 Å². The van der Waals surface area contributed by atoms with Crippen LogP contribution in [-0.4, -0.2) is 51.2 Å².